The zero-order chi connectivity index (χ0) is 24.2. The van der Waals surface area contributed by atoms with Crippen LogP contribution in [-0.2, 0) is 20.1 Å². The summed E-state index contributed by atoms with van der Waals surface area (Å²) in [5.41, 5.74) is 2.13. The maximum atomic E-state index is 12.7. The van der Waals surface area contributed by atoms with Gasteiger partial charge >= 0.3 is 5.97 Å². The molecule has 1 atom stereocenters. The third-order valence-corrected chi connectivity index (χ3v) is 5.80. The first kappa shape index (κ1) is 24.6. The van der Waals surface area contributed by atoms with E-state index in [1.54, 1.807) is 54.6 Å². The van der Waals surface area contributed by atoms with E-state index in [4.69, 9.17) is 10.00 Å². The number of benzene rings is 3. The van der Waals surface area contributed by atoms with Crippen molar-refractivity contribution in [3.8, 4) is 6.07 Å². The molecule has 0 aromatic heterocycles. The Hall–Kier alpha value is -4.09. The number of carbonyl (C=O) groups is 3. The number of esters is 1. The number of anilines is 1. The van der Waals surface area contributed by atoms with Crippen molar-refractivity contribution in [2.75, 3.05) is 17.7 Å². The number of nitrogens with one attached hydrogen (secondary N) is 2. The number of rotatable bonds is 10. The topological polar surface area (TPSA) is 108 Å². The highest BCUT2D eigenvalue weighted by Gasteiger charge is 2.24. The van der Waals surface area contributed by atoms with Crippen LogP contribution in [-0.4, -0.2) is 36.2 Å². The molecule has 2 amide bonds. The average molecular weight is 474 g/mol. The zero-order valence-corrected chi connectivity index (χ0v) is 19.1. The van der Waals surface area contributed by atoms with Crippen molar-refractivity contribution in [1.82, 2.24) is 5.32 Å². The molecule has 34 heavy (non-hydrogen) atoms. The molecule has 0 aliphatic carbocycles. The van der Waals surface area contributed by atoms with Crippen LogP contribution in [0.4, 0.5) is 5.69 Å². The maximum absolute atomic E-state index is 12.7. The van der Waals surface area contributed by atoms with Gasteiger partial charge in [0, 0.05) is 17.1 Å². The molecule has 0 bridgehead atoms. The van der Waals surface area contributed by atoms with E-state index in [9.17, 15) is 14.4 Å². The number of ether oxygens (including phenoxy) is 1. The average Bonchev–Trinajstić information content (AvgIpc) is 2.88. The largest absolute Gasteiger partial charge is 0.454 e. The summed E-state index contributed by atoms with van der Waals surface area (Å²) in [6.45, 7) is -0.542. The smallest absolute Gasteiger partial charge is 0.330 e. The Kier molecular flexibility index (Phi) is 9.26. The van der Waals surface area contributed by atoms with Crippen LogP contribution < -0.4 is 10.6 Å². The molecule has 0 heterocycles. The van der Waals surface area contributed by atoms with E-state index in [-0.39, 0.29) is 5.75 Å². The molecule has 3 rings (SSSR count). The van der Waals surface area contributed by atoms with Gasteiger partial charge in [-0.3, -0.25) is 9.59 Å². The van der Waals surface area contributed by atoms with Crippen molar-refractivity contribution in [1.29, 1.82) is 5.26 Å². The van der Waals surface area contributed by atoms with Crippen molar-refractivity contribution >= 4 is 35.2 Å². The van der Waals surface area contributed by atoms with Crippen LogP contribution in [0.1, 0.15) is 21.5 Å². The fourth-order valence-corrected chi connectivity index (χ4v) is 3.98. The van der Waals surface area contributed by atoms with Crippen LogP contribution in [0.5, 0.6) is 0 Å². The van der Waals surface area contributed by atoms with Gasteiger partial charge in [-0.2, -0.15) is 17.0 Å². The molecule has 3 aromatic carbocycles. The minimum absolute atomic E-state index is 0.269. The standard InChI is InChI=1S/C26H23N3O4S/c27-15-21-13-7-8-14-22(21)28-24(30)16-33-26(32)23(18-34-17-19-9-3-1-4-10-19)29-25(31)20-11-5-2-6-12-20/h1-14,23H,16-18H2,(H,28,30)(H,29,31). The van der Waals surface area contributed by atoms with Crippen molar-refractivity contribution in [2.45, 2.75) is 11.8 Å². The second-order valence-corrected chi connectivity index (χ2v) is 8.24. The number of hydrogen-bond acceptors (Lipinski definition) is 6. The highest BCUT2D eigenvalue weighted by atomic mass is 32.2. The highest BCUT2D eigenvalue weighted by molar-refractivity contribution is 7.98. The first-order chi connectivity index (χ1) is 16.6. The van der Waals surface area contributed by atoms with Crippen molar-refractivity contribution in [3.05, 3.63) is 102 Å². The Bertz CT molecular complexity index is 1160. The summed E-state index contributed by atoms with van der Waals surface area (Å²) in [4.78, 5) is 37.6. The number of nitriles is 1. The van der Waals surface area contributed by atoms with Gasteiger partial charge in [0.05, 0.1) is 11.3 Å². The summed E-state index contributed by atoms with van der Waals surface area (Å²) in [5.74, 6) is -0.785. The quantitative estimate of drug-likeness (QED) is 0.434. The van der Waals surface area contributed by atoms with Gasteiger partial charge in [0.1, 0.15) is 12.1 Å². The summed E-state index contributed by atoms with van der Waals surface area (Å²) < 4.78 is 5.19. The molecule has 8 heteroatoms. The number of para-hydroxylation sites is 1. The molecule has 1 unspecified atom stereocenters. The van der Waals surface area contributed by atoms with Gasteiger partial charge in [-0.25, -0.2) is 4.79 Å². The van der Waals surface area contributed by atoms with Gasteiger partial charge in [-0.1, -0.05) is 60.7 Å². The Morgan fingerprint density at radius 2 is 1.56 bits per heavy atom. The molecular formula is C26H23N3O4S. The molecule has 3 aromatic rings. The minimum Gasteiger partial charge on any atom is -0.454 e. The summed E-state index contributed by atoms with van der Waals surface area (Å²) in [5, 5.41) is 14.4. The van der Waals surface area contributed by atoms with E-state index in [0.717, 1.165) is 5.56 Å². The lowest BCUT2D eigenvalue weighted by molar-refractivity contribution is -0.148. The van der Waals surface area contributed by atoms with Crippen LogP contribution in [0.15, 0.2) is 84.9 Å². The molecule has 0 spiro atoms. The van der Waals surface area contributed by atoms with Crippen LogP contribution in [0.2, 0.25) is 0 Å². The van der Waals surface area contributed by atoms with Crippen molar-refractivity contribution in [2.24, 2.45) is 0 Å². The van der Waals surface area contributed by atoms with Crippen LogP contribution in [0.3, 0.4) is 0 Å². The number of hydrogen-bond donors (Lipinski definition) is 2. The van der Waals surface area contributed by atoms with E-state index in [1.165, 1.54) is 11.8 Å². The van der Waals surface area contributed by atoms with Crippen molar-refractivity contribution < 1.29 is 19.1 Å². The summed E-state index contributed by atoms with van der Waals surface area (Å²) >= 11 is 1.47. The Morgan fingerprint density at radius 3 is 2.26 bits per heavy atom. The molecule has 0 fully saturated rings. The second-order valence-electron chi connectivity index (χ2n) is 7.21. The lowest BCUT2D eigenvalue weighted by Gasteiger charge is -2.18. The molecule has 0 radical (unpaired) electrons. The van der Waals surface area contributed by atoms with Gasteiger partial charge in [0.25, 0.3) is 11.8 Å². The van der Waals surface area contributed by atoms with Crippen molar-refractivity contribution in [3.63, 3.8) is 0 Å². The van der Waals surface area contributed by atoms with E-state index in [0.29, 0.717) is 22.6 Å². The van der Waals surface area contributed by atoms with E-state index in [1.807, 2.05) is 36.4 Å². The molecule has 2 N–H and O–H groups in total. The molecule has 0 saturated carbocycles. The molecule has 7 nitrogen and oxygen atoms in total. The Balaban J connectivity index is 1.59. The molecule has 172 valence electrons. The van der Waals surface area contributed by atoms with Crippen LogP contribution in [0.25, 0.3) is 0 Å². The third kappa shape index (κ3) is 7.50. The monoisotopic (exact) mass is 473 g/mol. The number of amides is 2. The van der Waals surface area contributed by atoms with E-state index < -0.39 is 30.4 Å². The second kappa shape index (κ2) is 12.8. The zero-order valence-electron chi connectivity index (χ0n) is 18.3. The summed E-state index contributed by atoms with van der Waals surface area (Å²) in [7, 11) is 0. The predicted molar refractivity (Wildman–Crippen MR) is 131 cm³/mol. The minimum atomic E-state index is -0.944. The summed E-state index contributed by atoms with van der Waals surface area (Å²) in [6.07, 6.45) is 0. The molecule has 0 aliphatic rings. The Morgan fingerprint density at radius 1 is 0.912 bits per heavy atom. The lowest BCUT2D eigenvalue weighted by Crippen LogP contribution is -2.44. The van der Waals surface area contributed by atoms with Gasteiger partial charge in [0.15, 0.2) is 6.61 Å². The van der Waals surface area contributed by atoms with Gasteiger partial charge in [-0.05, 0) is 29.8 Å². The predicted octanol–water partition coefficient (Wildman–Crippen LogP) is 3.77. The first-order valence-corrected chi connectivity index (χ1v) is 11.7. The van der Waals surface area contributed by atoms with Gasteiger partial charge in [-0.15, -0.1) is 0 Å². The lowest BCUT2D eigenvalue weighted by atomic mass is 10.2. The maximum Gasteiger partial charge on any atom is 0.330 e. The van der Waals surface area contributed by atoms with Crippen LogP contribution >= 0.6 is 11.8 Å². The molecule has 0 saturated heterocycles. The Labute approximate surface area is 202 Å². The first-order valence-electron chi connectivity index (χ1n) is 10.5. The molecule has 0 aliphatic heterocycles. The number of carbonyl (C=O) groups excluding carboxylic acids is 3. The SMILES string of the molecule is N#Cc1ccccc1NC(=O)COC(=O)C(CSCc1ccccc1)NC(=O)c1ccccc1. The summed E-state index contributed by atoms with van der Waals surface area (Å²) in [6, 6.07) is 25.9. The third-order valence-electron chi connectivity index (χ3n) is 4.69. The molecular weight excluding hydrogens is 450 g/mol. The van der Waals surface area contributed by atoms with Crippen LogP contribution in [0, 0.1) is 11.3 Å². The van der Waals surface area contributed by atoms with E-state index in [2.05, 4.69) is 10.6 Å². The normalized spacial score (nSPS) is 11.0. The van der Waals surface area contributed by atoms with E-state index >= 15 is 0 Å². The van der Waals surface area contributed by atoms with Gasteiger partial charge in [0.2, 0.25) is 0 Å². The number of thioether (sulfide) groups is 1. The fourth-order valence-electron chi connectivity index (χ4n) is 2.98. The highest BCUT2D eigenvalue weighted by Crippen LogP contribution is 2.15. The number of nitrogens with zero attached hydrogens (tertiary/aromatic N) is 1. The fraction of sp³-hybridized carbons (Fsp3) is 0.154. The van der Waals surface area contributed by atoms with Gasteiger partial charge < -0.3 is 15.4 Å².